The van der Waals surface area contributed by atoms with Gasteiger partial charge in [-0.05, 0) is 20.3 Å². The minimum absolute atomic E-state index is 0.192. The average Bonchev–Trinajstić information content (AvgIpc) is 3.37. The number of rotatable bonds is 3. The van der Waals surface area contributed by atoms with Gasteiger partial charge in [-0.15, -0.1) is 11.3 Å². The predicted molar refractivity (Wildman–Crippen MR) is 114 cm³/mol. The highest BCUT2D eigenvalue weighted by molar-refractivity contribution is 8.13. The van der Waals surface area contributed by atoms with E-state index in [1.807, 2.05) is 0 Å². The number of amides is 1. The fourth-order valence-electron chi connectivity index (χ4n) is 3.26. The number of halogens is 3. The first kappa shape index (κ1) is 25.0. The summed E-state index contributed by atoms with van der Waals surface area (Å²) < 4.78 is 42.6. The highest BCUT2D eigenvalue weighted by Crippen LogP contribution is 2.47. The van der Waals surface area contributed by atoms with E-state index in [1.165, 1.54) is 11.3 Å². The predicted octanol–water partition coefficient (Wildman–Crippen LogP) is 3.01. The number of carboxylic acids is 1. The number of thiazole rings is 1. The van der Waals surface area contributed by atoms with Crippen LogP contribution in [0.15, 0.2) is 21.0 Å². The van der Waals surface area contributed by atoms with Crippen LogP contribution in [0, 0.1) is 12.8 Å². The van der Waals surface area contributed by atoms with Gasteiger partial charge < -0.3 is 25.4 Å². The number of hydrogen-bond donors (Lipinski definition) is 3. The van der Waals surface area contributed by atoms with Crippen molar-refractivity contribution in [1.29, 1.82) is 0 Å². The minimum atomic E-state index is -5.08. The van der Waals surface area contributed by atoms with Crippen LogP contribution in [0.2, 0.25) is 0 Å². The summed E-state index contributed by atoms with van der Waals surface area (Å²) in [6.45, 7) is 4.25. The zero-order chi connectivity index (χ0) is 24.4. The Bertz CT molecular complexity index is 1060. The van der Waals surface area contributed by atoms with Crippen molar-refractivity contribution in [1.82, 2.24) is 10.1 Å². The largest absolute Gasteiger partial charge is 0.490 e. The number of carboxylic acid groups (broad SMARTS) is 1. The Morgan fingerprint density at radius 3 is 2.70 bits per heavy atom. The van der Waals surface area contributed by atoms with E-state index < -0.39 is 17.7 Å². The molecule has 4 heterocycles. The molecule has 33 heavy (non-hydrogen) atoms. The Morgan fingerprint density at radius 2 is 2.09 bits per heavy atom. The number of nitrogens with one attached hydrogen (secondary N) is 1. The molecule has 0 aliphatic carbocycles. The molecular weight excluding hydrogens is 487 g/mol. The number of aryl methyl sites for hydroxylation is 1. The van der Waals surface area contributed by atoms with E-state index in [2.05, 4.69) is 22.4 Å². The molecule has 0 unspecified atom stereocenters. The number of fused-ring (bicyclic) bond motifs is 1. The lowest BCUT2D eigenvalue weighted by Crippen LogP contribution is -2.49. The highest BCUT2D eigenvalue weighted by Gasteiger charge is 2.49. The highest BCUT2D eigenvalue weighted by atomic mass is 32.2. The lowest BCUT2D eigenvalue weighted by molar-refractivity contribution is -0.192. The fourth-order valence-corrected chi connectivity index (χ4v) is 5.24. The molecule has 0 aromatic carbocycles. The van der Waals surface area contributed by atoms with Crippen molar-refractivity contribution in [2.75, 3.05) is 17.7 Å². The van der Waals surface area contributed by atoms with E-state index in [9.17, 15) is 18.0 Å². The quantitative estimate of drug-likeness (QED) is 0.569. The molecule has 4 N–H and O–H groups in total. The summed E-state index contributed by atoms with van der Waals surface area (Å²) in [5.74, 6) is -0.877. The lowest BCUT2D eigenvalue weighted by atomic mass is 9.80. The Kier molecular flexibility index (Phi) is 7.33. The number of aliphatic carboxylic acids is 1. The Labute approximate surface area is 193 Å². The molecule has 1 amide bonds. The van der Waals surface area contributed by atoms with Crippen molar-refractivity contribution in [3.8, 4) is 0 Å². The number of carbonyl (C=O) groups is 2. The van der Waals surface area contributed by atoms with Crippen molar-refractivity contribution in [3.63, 3.8) is 0 Å². The summed E-state index contributed by atoms with van der Waals surface area (Å²) in [6.07, 6.45) is -3.98. The molecular formula is C18H20F3N5O5S2. The second-order valence-corrected chi connectivity index (χ2v) is 9.26. The Balaban J connectivity index is 0.000000383. The number of hydrogen-bond acceptors (Lipinski definition) is 10. The SMILES string of the molecule is Cc1cc(C(=O)Nc2csc([C@]34CO[C@@H](C)C[C@H]3CSC(N)=N4)n2)no1.O=C(O)C(F)(F)F. The number of aliphatic imine (C=N–C) groups is 1. The summed E-state index contributed by atoms with van der Waals surface area (Å²) in [7, 11) is 0. The molecule has 0 saturated carbocycles. The number of ether oxygens (including phenoxy) is 1. The van der Waals surface area contributed by atoms with Gasteiger partial charge in [-0.25, -0.2) is 14.8 Å². The molecule has 2 aromatic rings. The molecule has 2 aliphatic heterocycles. The van der Waals surface area contributed by atoms with E-state index in [-0.39, 0.29) is 17.7 Å². The van der Waals surface area contributed by atoms with Crippen molar-refractivity contribution >= 4 is 46.0 Å². The first-order chi connectivity index (χ1) is 15.4. The maximum atomic E-state index is 12.2. The molecule has 0 bridgehead atoms. The van der Waals surface area contributed by atoms with Gasteiger partial charge >= 0.3 is 12.1 Å². The maximum absolute atomic E-state index is 12.2. The third-order valence-electron chi connectivity index (χ3n) is 4.84. The minimum Gasteiger partial charge on any atom is -0.475 e. The lowest BCUT2D eigenvalue weighted by Gasteiger charge is -2.44. The molecule has 1 fully saturated rings. The van der Waals surface area contributed by atoms with Gasteiger partial charge in [0.25, 0.3) is 5.91 Å². The van der Waals surface area contributed by atoms with Crippen LogP contribution < -0.4 is 11.1 Å². The molecule has 15 heteroatoms. The molecule has 1 saturated heterocycles. The molecule has 180 valence electrons. The first-order valence-electron chi connectivity index (χ1n) is 9.51. The summed E-state index contributed by atoms with van der Waals surface area (Å²) >= 11 is 3.03. The van der Waals surface area contributed by atoms with Gasteiger partial charge in [0.15, 0.2) is 10.9 Å². The van der Waals surface area contributed by atoms with Crippen LogP contribution in [0.3, 0.4) is 0 Å². The molecule has 2 aromatic heterocycles. The van der Waals surface area contributed by atoms with E-state index >= 15 is 0 Å². The Morgan fingerprint density at radius 1 is 1.39 bits per heavy atom. The molecule has 0 spiro atoms. The maximum Gasteiger partial charge on any atom is 0.490 e. The molecule has 10 nitrogen and oxygen atoms in total. The summed E-state index contributed by atoms with van der Waals surface area (Å²) in [6, 6.07) is 1.58. The van der Waals surface area contributed by atoms with E-state index in [0.29, 0.717) is 29.3 Å². The first-order valence-corrected chi connectivity index (χ1v) is 11.4. The number of nitrogens with two attached hydrogens (primary N) is 1. The van der Waals surface area contributed by atoms with Gasteiger partial charge in [0, 0.05) is 23.1 Å². The zero-order valence-corrected chi connectivity index (χ0v) is 19.0. The molecule has 3 atom stereocenters. The van der Waals surface area contributed by atoms with Crippen LogP contribution in [0.25, 0.3) is 0 Å². The number of aromatic nitrogens is 2. The summed E-state index contributed by atoms with van der Waals surface area (Å²) in [5, 5.41) is 16.8. The number of nitrogens with zero attached hydrogens (tertiary/aromatic N) is 3. The molecule has 0 radical (unpaired) electrons. The summed E-state index contributed by atoms with van der Waals surface area (Å²) in [5.41, 5.74) is 5.66. The van der Waals surface area contributed by atoms with Crippen molar-refractivity contribution < 1.29 is 37.1 Å². The third-order valence-corrected chi connectivity index (χ3v) is 6.81. The van der Waals surface area contributed by atoms with E-state index in [1.54, 1.807) is 30.1 Å². The average molecular weight is 508 g/mol. The van der Waals surface area contributed by atoms with E-state index in [0.717, 1.165) is 17.2 Å². The van der Waals surface area contributed by atoms with Crippen LogP contribution in [0.4, 0.5) is 19.0 Å². The van der Waals surface area contributed by atoms with Crippen LogP contribution in [-0.2, 0) is 15.1 Å². The number of amidine groups is 1. The number of anilines is 1. The van der Waals surface area contributed by atoms with Crippen molar-refractivity contribution in [2.24, 2.45) is 16.6 Å². The van der Waals surface area contributed by atoms with Crippen LogP contribution in [0.1, 0.15) is 34.6 Å². The van der Waals surface area contributed by atoms with Gasteiger partial charge in [0.2, 0.25) is 0 Å². The Hall–Kier alpha value is -2.65. The standard InChI is InChI=1S/C16H19N5O3S2.C2HF3O2/c1-8-3-10-5-26-15(17)20-16(10,7-23-8)14-19-12(6-25-14)18-13(22)11-4-9(2)24-21-11;3-2(4,5)1(6)7/h4,6,8,10H,3,5,7H2,1-2H3,(H2,17,20)(H,18,22);(H,6,7)/t8-,10-,16-;/m0./s1. The van der Waals surface area contributed by atoms with Crippen molar-refractivity contribution in [2.45, 2.75) is 38.1 Å². The third kappa shape index (κ3) is 5.83. The normalized spacial score (nSPS) is 24.7. The summed E-state index contributed by atoms with van der Waals surface area (Å²) in [4.78, 5) is 30.5. The van der Waals surface area contributed by atoms with Gasteiger partial charge in [0.1, 0.15) is 22.1 Å². The smallest absolute Gasteiger partial charge is 0.475 e. The monoisotopic (exact) mass is 507 g/mol. The fraction of sp³-hybridized carbons (Fsp3) is 0.500. The van der Waals surface area contributed by atoms with Crippen LogP contribution in [-0.4, -0.2) is 56.9 Å². The number of thioether (sulfide) groups is 1. The van der Waals surface area contributed by atoms with Gasteiger partial charge in [-0.3, -0.25) is 4.79 Å². The number of carbonyl (C=O) groups excluding carboxylic acids is 1. The van der Waals surface area contributed by atoms with Crippen LogP contribution >= 0.6 is 23.1 Å². The van der Waals surface area contributed by atoms with E-state index in [4.69, 9.17) is 29.9 Å². The van der Waals surface area contributed by atoms with Gasteiger partial charge in [-0.2, -0.15) is 13.2 Å². The zero-order valence-electron chi connectivity index (χ0n) is 17.4. The number of alkyl halides is 3. The topological polar surface area (TPSA) is 153 Å². The molecule has 4 rings (SSSR count). The second kappa shape index (κ2) is 9.69. The molecule has 2 aliphatic rings. The van der Waals surface area contributed by atoms with Crippen LogP contribution in [0.5, 0.6) is 0 Å². The second-order valence-electron chi connectivity index (χ2n) is 7.36. The van der Waals surface area contributed by atoms with Gasteiger partial charge in [-0.1, -0.05) is 16.9 Å². The van der Waals surface area contributed by atoms with Crippen molar-refractivity contribution in [3.05, 3.63) is 27.9 Å². The van der Waals surface area contributed by atoms with Gasteiger partial charge in [0.05, 0.1) is 12.7 Å².